The van der Waals surface area contributed by atoms with E-state index in [1.807, 2.05) is 6.92 Å². The highest BCUT2D eigenvalue weighted by Crippen LogP contribution is 2.18. The largest absolute Gasteiger partial charge is 0.397 e. The molecule has 0 aliphatic rings. The van der Waals surface area contributed by atoms with Crippen LogP contribution in [-0.2, 0) is 6.54 Å². The molecule has 0 unspecified atom stereocenters. The Bertz CT molecular complexity index is 1160. The minimum absolute atomic E-state index is 0.149. The Labute approximate surface area is 202 Å². The maximum absolute atomic E-state index is 13.5. The highest BCUT2D eigenvalue weighted by atomic mass is 19.2. The zero-order chi connectivity index (χ0) is 25.2. The normalized spacial score (nSPS) is 10.6. The van der Waals surface area contributed by atoms with Crippen LogP contribution in [0.4, 0.5) is 30.6 Å². The van der Waals surface area contributed by atoms with E-state index in [1.54, 1.807) is 41.3 Å². The first-order chi connectivity index (χ1) is 16.9. The summed E-state index contributed by atoms with van der Waals surface area (Å²) in [6.07, 6.45) is 2.21. The summed E-state index contributed by atoms with van der Waals surface area (Å²) in [7, 11) is 0. The lowest BCUT2D eigenvalue weighted by atomic mass is 10.2. The number of nitrogens with one attached hydrogen (secondary N) is 3. The summed E-state index contributed by atoms with van der Waals surface area (Å²) in [5.41, 5.74) is 7.84. The monoisotopic (exact) mass is 482 g/mol. The van der Waals surface area contributed by atoms with Crippen LogP contribution in [0.1, 0.15) is 29.4 Å². The van der Waals surface area contributed by atoms with E-state index in [4.69, 9.17) is 5.73 Å². The lowest BCUT2D eigenvalue weighted by Gasteiger charge is -2.23. The van der Waals surface area contributed by atoms with Crippen molar-refractivity contribution in [1.29, 1.82) is 0 Å². The highest BCUT2D eigenvalue weighted by Gasteiger charge is 2.16. The van der Waals surface area contributed by atoms with Crippen molar-refractivity contribution in [2.45, 2.75) is 19.9 Å². The molecule has 0 bridgehead atoms. The molecule has 0 saturated carbocycles. The van der Waals surface area contributed by atoms with Gasteiger partial charge >= 0.3 is 6.03 Å². The summed E-state index contributed by atoms with van der Waals surface area (Å²) >= 11 is 0. The van der Waals surface area contributed by atoms with E-state index >= 15 is 0 Å². The van der Waals surface area contributed by atoms with Gasteiger partial charge in [-0.05, 0) is 55.4 Å². The van der Waals surface area contributed by atoms with Gasteiger partial charge in [-0.1, -0.05) is 25.1 Å². The number of amides is 3. The number of urea groups is 1. The number of pyridine rings is 1. The number of nitrogens with two attached hydrogens (primary N) is 1. The van der Waals surface area contributed by atoms with Crippen LogP contribution in [0.15, 0.2) is 60.8 Å². The van der Waals surface area contributed by atoms with E-state index in [1.165, 1.54) is 12.3 Å². The van der Waals surface area contributed by atoms with Gasteiger partial charge in [-0.3, -0.25) is 9.78 Å². The Morgan fingerprint density at radius 2 is 1.83 bits per heavy atom. The molecule has 35 heavy (non-hydrogen) atoms. The van der Waals surface area contributed by atoms with Gasteiger partial charge in [0.1, 0.15) is 5.69 Å². The molecule has 10 heteroatoms. The van der Waals surface area contributed by atoms with Crippen molar-refractivity contribution in [3.05, 3.63) is 83.7 Å². The number of carbonyl (C=O) groups is 2. The predicted octanol–water partition coefficient (Wildman–Crippen LogP) is 4.23. The number of rotatable bonds is 10. The van der Waals surface area contributed by atoms with E-state index in [9.17, 15) is 18.4 Å². The van der Waals surface area contributed by atoms with Crippen molar-refractivity contribution in [1.82, 2.24) is 15.2 Å². The second-order valence-corrected chi connectivity index (χ2v) is 7.78. The molecule has 0 radical (unpaired) electrons. The zero-order valence-electron chi connectivity index (χ0n) is 19.4. The number of anilines is 3. The van der Waals surface area contributed by atoms with Gasteiger partial charge in [0, 0.05) is 31.0 Å². The Morgan fingerprint density at radius 3 is 2.51 bits per heavy atom. The Balaban J connectivity index is 1.67. The van der Waals surface area contributed by atoms with Crippen molar-refractivity contribution in [2.75, 3.05) is 36.0 Å². The topological polar surface area (TPSA) is 112 Å². The summed E-state index contributed by atoms with van der Waals surface area (Å²) in [4.78, 5) is 31.1. The summed E-state index contributed by atoms with van der Waals surface area (Å²) in [6.45, 7) is 4.14. The second-order valence-electron chi connectivity index (χ2n) is 7.78. The molecule has 3 amide bonds. The van der Waals surface area contributed by atoms with E-state index < -0.39 is 23.6 Å². The Hall–Kier alpha value is -4.05. The number of carbonyl (C=O) groups excluding carboxylic acids is 2. The fraction of sp³-hybridized carbons (Fsp3) is 0.240. The van der Waals surface area contributed by atoms with Gasteiger partial charge in [0.25, 0.3) is 5.91 Å². The molecule has 0 atom stereocenters. The third kappa shape index (κ3) is 7.47. The molecule has 1 aromatic heterocycles. The summed E-state index contributed by atoms with van der Waals surface area (Å²) in [6, 6.07) is 12.9. The van der Waals surface area contributed by atoms with E-state index in [0.29, 0.717) is 36.4 Å². The van der Waals surface area contributed by atoms with Crippen LogP contribution in [0.5, 0.6) is 0 Å². The van der Waals surface area contributed by atoms with Gasteiger partial charge < -0.3 is 26.6 Å². The number of nitrogens with zero attached hydrogens (tertiary/aromatic N) is 2. The Morgan fingerprint density at radius 1 is 1.03 bits per heavy atom. The summed E-state index contributed by atoms with van der Waals surface area (Å²) in [5, 5.41) is 8.51. The number of hydrogen-bond acceptors (Lipinski definition) is 5. The molecule has 0 aliphatic carbocycles. The fourth-order valence-corrected chi connectivity index (χ4v) is 3.27. The van der Waals surface area contributed by atoms with Crippen LogP contribution < -0.4 is 21.7 Å². The van der Waals surface area contributed by atoms with Gasteiger partial charge in [-0.2, -0.15) is 0 Å². The van der Waals surface area contributed by atoms with Crippen LogP contribution in [-0.4, -0.2) is 41.5 Å². The molecule has 5 N–H and O–H groups in total. The predicted molar refractivity (Wildman–Crippen MR) is 132 cm³/mol. The van der Waals surface area contributed by atoms with Gasteiger partial charge in [0.15, 0.2) is 11.6 Å². The van der Waals surface area contributed by atoms with Crippen LogP contribution in [0, 0.1) is 11.6 Å². The molecule has 3 aromatic rings. The van der Waals surface area contributed by atoms with Gasteiger partial charge in [-0.25, -0.2) is 13.6 Å². The van der Waals surface area contributed by atoms with E-state index in [0.717, 1.165) is 18.7 Å². The molecule has 0 spiro atoms. The van der Waals surface area contributed by atoms with Crippen LogP contribution >= 0.6 is 0 Å². The quantitative estimate of drug-likeness (QED) is 0.255. The van der Waals surface area contributed by atoms with Gasteiger partial charge in [-0.15, -0.1) is 0 Å². The SMILES string of the molecule is CCNCCCN(Cc1ccc(C(=O)Nc2ccccc2N)nc1)C(=O)Nc1ccc(F)c(F)c1. The van der Waals surface area contributed by atoms with E-state index in [2.05, 4.69) is 20.9 Å². The molecule has 0 fully saturated rings. The zero-order valence-corrected chi connectivity index (χ0v) is 19.4. The standard InChI is InChI=1S/C25H28F2N6O2/c1-2-29-12-5-13-33(25(35)31-18-9-10-19(26)20(27)14-18)16-17-8-11-23(30-15-17)24(34)32-22-7-4-3-6-21(22)28/h3-4,6-11,14-15,29H,2,5,12-13,16,28H2,1H3,(H,31,35)(H,32,34). The average molecular weight is 483 g/mol. The molecule has 2 aromatic carbocycles. The maximum Gasteiger partial charge on any atom is 0.322 e. The van der Waals surface area contributed by atoms with Crippen molar-refractivity contribution >= 4 is 29.0 Å². The molecule has 3 rings (SSSR count). The maximum atomic E-state index is 13.5. The first-order valence-electron chi connectivity index (χ1n) is 11.2. The average Bonchev–Trinajstić information content (AvgIpc) is 2.85. The van der Waals surface area contributed by atoms with Crippen molar-refractivity contribution in [2.24, 2.45) is 0 Å². The first-order valence-corrected chi connectivity index (χ1v) is 11.2. The molecular formula is C25H28F2N6O2. The van der Waals surface area contributed by atoms with Crippen LogP contribution in [0.2, 0.25) is 0 Å². The van der Waals surface area contributed by atoms with E-state index in [-0.39, 0.29) is 17.9 Å². The number of nitrogen functional groups attached to an aromatic ring is 1. The molecule has 0 saturated heterocycles. The van der Waals surface area contributed by atoms with Crippen molar-refractivity contribution in [3.8, 4) is 0 Å². The van der Waals surface area contributed by atoms with Crippen LogP contribution in [0.3, 0.4) is 0 Å². The lowest BCUT2D eigenvalue weighted by molar-refractivity contribution is 0.102. The minimum atomic E-state index is -1.04. The number of para-hydroxylation sites is 2. The lowest BCUT2D eigenvalue weighted by Crippen LogP contribution is -2.36. The van der Waals surface area contributed by atoms with Gasteiger partial charge in [0.05, 0.1) is 11.4 Å². The third-order valence-electron chi connectivity index (χ3n) is 5.13. The van der Waals surface area contributed by atoms with Crippen molar-refractivity contribution in [3.63, 3.8) is 0 Å². The van der Waals surface area contributed by atoms with Gasteiger partial charge in [0.2, 0.25) is 0 Å². The summed E-state index contributed by atoms with van der Waals surface area (Å²) < 4.78 is 26.7. The molecule has 8 nitrogen and oxygen atoms in total. The first kappa shape index (κ1) is 25.6. The second kappa shape index (κ2) is 12.4. The molecule has 0 aliphatic heterocycles. The summed E-state index contributed by atoms with van der Waals surface area (Å²) in [5.74, 6) is -2.44. The molecular weight excluding hydrogens is 454 g/mol. The van der Waals surface area contributed by atoms with Crippen molar-refractivity contribution < 1.29 is 18.4 Å². The minimum Gasteiger partial charge on any atom is -0.397 e. The molecule has 1 heterocycles. The smallest absolute Gasteiger partial charge is 0.322 e. The number of hydrogen-bond donors (Lipinski definition) is 4. The number of benzene rings is 2. The number of halogens is 2. The fourth-order valence-electron chi connectivity index (χ4n) is 3.27. The van der Waals surface area contributed by atoms with Crippen LogP contribution in [0.25, 0.3) is 0 Å². The highest BCUT2D eigenvalue weighted by molar-refractivity contribution is 6.04. The number of aromatic nitrogens is 1. The third-order valence-corrected chi connectivity index (χ3v) is 5.13. The Kier molecular flexibility index (Phi) is 9.08. The molecule has 184 valence electrons.